The molecule has 144 valence electrons. The summed E-state index contributed by atoms with van der Waals surface area (Å²) in [5, 5.41) is 39.6. The van der Waals surface area contributed by atoms with Crippen LogP contribution in [-0.2, 0) is 14.3 Å². The van der Waals surface area contributed by atoms with E-state index in [2.05, 4.69) is 0 Å². The summed E-state index contributed by atoms with van der Waals surface area (Å²) in [6.45, 7) is 10.8. The van der Waals surface area contributed by atoms with E-state index in [1.54, 1.807) is 20.8 Å². The Labute approximate surface area is 139 Å². The van der Waals surface area contributed by atoms with Crippen molar-refractivity contribution in [2.24, 2.45) is 0 Å². The Balaban J connectivity index is -0.000000101. The summed E-state index contributed by atoms with van der Waals surface area (Å²) in [5.74, 6) is 0.167. The van der Waals surface area contributed by atoms with Crippen molar-refractivity contribution in [1.82, 2.24) is 0 Å². The zero-order valence-corrected chi connectivity index (χ0v) is 15.1. The summed E-state index contributed by atoms with van der Waals surface area (Å²) in [7, 11) is 0. The number of hydrogen-bond acceptors (Lipinski definition) is 8. The van der Waals surface area contributed by atoms with Gasteiger partial charge in [0.05, 0.1) is 39.6 Å². The number of hydrogen-bond donors (Lipinski definition) is 5. The first kappa shape index (κ1) is 30.3. The van der Waals surface area contributed by atoms with Crippen molar-refractivity contribution < 1.29 is 39.8 Å². The molecule has 0 bridgehead atoms. The number of Topliss-reactive ketones (excluding diaryl/α,β-unsaturated/α-hetero) is 1. The SMILES string of the molecule is C1COCCO1.CC(C)=O.CC(C)O.CCO.OCC(O)CO. The lowest BCUT2D eigenvalue weighted by atomic mass is 10.4. The first-order chi connectivity index (χ1) is 10.7. The largest absolute Gasteiger partial charge is 0.397 e. The molecular weight excluding hydrogens is 308 g/mol. The first-order valence-electron chi connectivity index (χ1n) is 7.50. The Hall–Kier alpha value is -0.610. The van der Waals surface area contributed by atoms with Crippen molar-refractivity contribution in [1.29, 1.82) is 0 Å². The van der Waals surface area contributed by atoms with E-state index in [1.165, 1.54) is 13.8 Å². The van der Waals surface area contributed by atoms with Crippen LogP contribution >= 0.6 is 0 Å². The minimum absolute atomic E-state index is 0.167. The summed E-state index contributed by atoms with van der Waals surface area (Å²) < 4.78 is 9.89. The number of ketones is 1. The monoisotopic (exact) mass is 344 g/mol. The van der Waals surface area contributed by atoms with Gasteiger partial charge in [-0.05, 0) is 34.6 Å². The standard InChI is InChI=1S/C4H8O2.C3H8O3.C3H8O.C3H6O.C2H6O/c1-2-6-4-3-5-1;4-1-3(6)2-5;2*1-3(2)4;1-2-3/h1-4H2;3-6H,1-2H2;3-4H,1-2H3;1-2H3;3H,2H2,1H3. The zero-order valence-electron chi connectivity index (χ0n) is 15.1. The third-order valence-corrected chi connectivity index (χ3v) is 1.17. The Morgan fingerprint density at radius 1 is 0.913 bits per heavy atom. The molecule has 0 saturated carbocycles. The van der Waals surface area contributed by atoms with Crippen molar-refractivity contribution >= 4 is 5.78 Å². The number of carbonyl (C=O) groups is 1. The molecule has 1 aliphatic heterocycles. The second-order valence-corrected chi connectivity index (χ2v) is 4.56. The molecule has 1 aliphatic rings. The highest BCUT2D eigenvalue weighted by Crippen LogP contribution is 1.85. The van der Waals surface area contributed by atoms with Crippen LogP contribution in [0.5, 0.6) is 0 Å². The van der Waals surface area contributed by atoms with E-state index < -0.39 is 6.10 Å². The maximum atomic E-state index is 9.44. The van der Waals surface area contributed by atoms with E-state index in [0.29, 0.717) is 0 Å². The normalized spacial score (nSPS) is 12.3. The molecule has 5 N–H and O–H groups in total. The molecule has 1 saturated heterocycles. The molecule has 23 heavy (non-hydrogen) atoms. The topological polar surface area (TPSA) is 137 Å². The minimum atomic E-state index is -0.954. The maximum Gasteiger partial charge on any atom is 0.126 e. The molecule has 0 aromatic heterocycles. The van der Waals surface area contributed by atoms with Crippen LogP contribution in [0.25, 0.3) is 0 Å². The van der Waals surface area contributed by atoms with E-state index in [0.717, 1.165) is 26.4 Å². The van der Waals surface area contributed by atoms with Crippen molar-refractivity contribution in [3.8, 4) is 0 Å². The van der Waals surface area contributed by atoms with Crippen LogP contribution in [0, 0.1) is 0 Å². The van der Waals surface area contributed by atoms with Crippen LogP contribution in [0.4, 0.5) is 0 Å². The molecule has 8 heteroatoms. The van der Waals surface area contributed by atoms with Gasteiger partial charge < -0.3 is 39.8 Å². The van der Waals surface area contributed by atoms with Crippen LogP contribution in [0.3, 0.4) is 0 Å². The Kier molecular flexibility index (Phi) is 38.7. The second kappa shape index (κ2) is 29.4. The number of carbonyl (C=O) groups excluding carboxylic acids is 1. The Morgan fingerprint density at radius 3 is 1.13 bits per heavy atom. The zero-order chi connectivity index (χ0) is 19.1. The Morgan fingerprint density at radius 2 is 1.09 bits per heavy atom. The van der Waals surface area contributed by atoms with Crippen molar-refractivity contribution in [2.75, 3.05) is 46.2 Å². The lowest BCUT2D eigenvalue weighted by Gasteiger charge is -2.09. The van der Waals surface area contributed by atoms with Crippen LogP contribution in [0.15, 0.2) is 0 Å². The van der Waals surface area contributed by atoms with Gasteiger partial charge >= 0.3 is 0 Å². The second-order valence-electron chi connectivity index (χ2n) is 4.56. The van der Waals surface area contributed by atoms with Crippen LogP contribution in [0.1, 0.15) is 34.6 Å². The molecule has 0 aromatic carbocycles. The average Bonchev–Trinajstić information content (AvgIpc) is 2.48. The number of rotatable bonds is 2. The van der Waals surface area contributed by atoms with Gasteiger partial charge in [-0.25, -0.2) is 0 Å². The molecule has 0 radical (unpaired) electrons. The van der Waals surface area contributed by atoms with E-state index in [4.69, 9.17) is 35.0 Å². The molecular formula is C15H36O8. The fraction of sp³-hybridized carbons (Fsp3) is 0.933. The number of ether oxygens (including phenoxy) is 2. The highest BCUT2D eigenvalue weighted by Gasteiger charge is 1.94. The fourth-order valence-electron chi connectivity index (χ4n) is 0.498. The molecule has 0 unspecified atom stereocenters. The molecule has 0 amide bonds. The van der Waals surface area contributed by atoms with Gasteiger partial charge in [-0.3, -0.25) is 0 Å². The maximum absolute atomic E-state index is 9.44. The molecule has 1 heterocycles. The van der Waals surface area contributed by atoms with Crippen molar-refractivity contribution in [3.05, 3.63) is 0 Å². The molecule has 0 spiro atoms. The van der Waals surface area contributed by atoms with Crippen molar-refractivity contribution in [2.45, 2.75) is 46.8 Å². The molecule has 0 aliphatic carbocycles. The van der Waals surface area contributed by atoms with Gasteiger partial charge in [-0.1, -0.05) is 0 Å². The lowest BCUT2D eigenvalue weighted by molar-refractivity contribution is -0.115. The van der Waals surface area contributed by atoms with Crippen LogP contribution in [0.2, 0.25) is 0 Å². The quantitative estimate of drug-likeness (QED) is 0.445. The van der Waals surface area contributed by atoms with E-state index in [-0.39, 0.29) is 31.7 Å². The highest BCUT2D eigenvalue weighted by molar-refractivity contribution is 5.72. The fourth-order valence-corrected chi connectivity index (χ4v) is 0.498. The van der Waals surface area contributed by atoms with Gasteiger partial charge in [0.2, 0.25) is 0 Å². The van der Waals surface area contributed by atoms with E-state index >= 15 is 0 Å². The van der Waals surface area contributed by atoms with Gasteiger partial charge in [0.1, 0.15) is 11.9 Å². The van der Waals surface area contributed by atoms with Crippen molar-refractivity contribution in [3.63, 3.8) is 0 Å². The molecule has 1 fully saturated rings. The summed E-state index contributed by atoms with van der Waals surface area (Å²) in [6.07, 6.45) is -1.12. The molecule has 0 atom stereocenters. The third-order valence-electron chi connectivity index (χ3n) is 1.17. The van der Waals surface area contributed by atoms with Gasteiger partial charge in [0.15, 0.2) is 0 Å². The van der Waals surface area contributed by atoms with Crippen LogP contribution < -0.4 is 0 Å². The number of aliphatic hydroxyl groups excluding tert-OH is 5. The van der Waals surface area contributed by atoms with Gasteiger partial charge in [-0.2, -0.15) is 0 Å². The summed E-state index contributed by atoms with van der Waals surface area (Å²) in [5.41, 5.74) is 0. The summed E-state index contributed by atoms with van der Waals surface area (Å²) >= 11 is 0. The average molecular weight is 344 g/mol. The van der Waals surface area contributed by atoms with Gasteiger partial charge in [0.25, 0.3) is 0 Å². The highest BCUT2D eigenvalue weighted by atomic mass is 16.6. The van der Waals surface area contributed by atoms with Crippen LogP contribution in [-0.4, -0.2) is 89.8 Å². The molecule has 0 aromatic rings. The van der Waals surface area contributed by atoms with E-state index in [9.17, 15) is 4.79 Å². The molecule has 8 nitrogen and oxygen atoms in total. The third kappa shape index (κ3) is 91.2. The van der Waals surface area contributed by atoms with E-state index in [1.807, 2.05) is 0 Å². The predicted molar refractivity (Wildman–Crippen MR) is 88.3 cm³/mol. The molecule has 1 rings (SSSR count). The first-order valence-corrected chi connectivity index (χ1v) is 7.50. The number of aliphatic hydroxyl groups is 5. The summed E-state index contributed by atoms with van der Waals surface area (Å²) in [6, 6.07) is 0. The smallest absolute Gasteiger partial charge is 0.126 e. The summed E-state index contributed by atoms with van der Waals surface area (Å²) in [4.78, 5) is 9.44. The minimum Gasteiger partial charge on any atom is -0.397 e. The van der Waals surface area contributed by atoms with Gasteiger partial charge in [0, 0.05) is 12.7 Å². The Bertz CT molecular complexity index is 174. The predicted octanol–water partition coefficient (Wildman–Crippen LogP) is -0.654. The lowest BCUT2D eigenvalue weighted by Crippen LogP contribution is -2.16. The van der Waals surface area contributed by atoms with Gasteiger partial charge in [-0.15, -0.1) is 0 Å².